The van der Waals surface area contributed by atoms with Gasteiger partial charge in [-0.3, -0.25) is 4.98 Å². The second-order valence-electron chi connectivity index (χ2n) is 3.73. The zero-order valence-corrected chi connectivity index (χ0v) is 10.4. The van der Waals surface area contributed by atoms with Crippen LogP contribution < -0.4 is 0 Å². The molecule has 0 bridgehead atoms. The maximum atomic E-state index is 11.4. The van der Waals surface area contributed by atoms with Gasteiger partial charge in [0.2, 0.25) is 0 Å². The van der Waals surface area contributed by atoms with Crippen LogP contribution in [0.2, 0.25) is 0 Å². The van der Waals surface area contributed by atoms with Gasteiger partial charge in [-0.25, -0.2) is 4.79 Å². The predicted octanol–water partition coefficient (Wildman–Crippen LogP) is 1.93. The number of aromatic nitrogens is 3. The zero-order chi connectivity index (χ0) is 13.1. The summed E-state index contributed by atoms with van der Waals surface area (Å²) in [6, 6.07) is 3.68. The summed E-state index contributed by atoms with van der Waals surface area (Å²) in [6.45, 7) is 5.73. The lowest BCUT2D eigenvalue weighted by molar-refractivity contribution is 0.0508. The maximum absolute atomic E-state index is 11.4. The molecule has 94 valence electrons. The summed E-state index contributed by atoms with van der Waals surface area (Å²) in [5.41, 5.74) is 2.39. The molecule has 0 saturated heterocycles. The van der Waals surface area contributed by atoms with E-state index in [1.807, 2.05) is 26.0 Å². The summed E-state index contributed by atoms with van der Waals surface area (Å²) in [5, 5.41) is 3.59. The predicted molar refractivity (Wildman–Crippen MR) is 63.0 cm³/mol. The minimum absolute atomic E-state index is 0.0770. The number of hydrogen-bond donors (Lipinski definition) is 0. The molecule has 0 N–H and O–H groups in total. The van der Waals surface area contributed by atoms with Crippen molar-refractivity contribution in [2.24, 2.45) is 0 Å². The number of hydrogen-bond acceptors (Lipinski definition) is 6. The first kappa shape index (κ1) is 12.2. The summed E-state index contributed by atoms with van der Waals surface area (Å²) in [6.07, 6.45) is 0. The van der Waals surface area contributed by atoms with Crippen LogP contribution >= 0.6 is 0 Å². The van der Waals surface area contributed by atoms with Crippen molar-refractivity contribution in [3.05, 3.63) is 29.3 Å². The van der Waals surface area contributed by atoms with Crippen LogP contribution in [0.5, 0.6) is 0 Å². The van der Waals surface area contributed by atoms with Gasteiger partial charge < -0.3 is 9.26 Å². The van der Waals surface area contributed by atoms with Gasteiger partial charge in [0.15, 0.2) is 0 Å². The topological polar surface area (TPSA) is 78.1 Å². The first-order valence-corrected chi connectivity index (χ1v) is 5.57. The Morgan fingerprint density at radius 1 is 1.33 bits per heavy atom. The SMILES string of the molecule is CCOC(=O)c1noc(-c2ccc(C)nc2C)n1. The van der Waals surface area contributed by atoms with E-state index in [2.05, 4.69) is 15.1 Å². The molecule has 2 rings (SSSR count). The molecule has 0 radical (unpaired) electrons. The van der Waals surface area contributed by atoms with E-state index in [-0.39, 0.29) is 18.3 Å². The number of carbonyl (C=O) groups is 1. The fraction of sp³-hybridized carbons (Fsp3) is 0.333. The molecule has 6 nitrogen and oxygen atoms in total. The summed E-state index contributed by atoms with van der Waals surface area (Å²) in [5.74, 6) is -0.403. The quantitative estimate of drug-likeness (QED) is 0.771. The van der Waals surface area contributed by atoms with Crippen molar-refractivity contribution in [3.63, 3.8) is 0 Å². The molecule has 0 aliphatic rings. The monoisotopic (exact) mass is 247 g/mol. The number of pyridine rings is 1. The first-order chi connectivity index (χ1) is 8.61. The van der Waals surface area contributed by atoms with E-state index in [4.69, 9.17) is 9.26 Å². The number of nitrogens with zero attached hydrogens (tertiary/aromatic N) is 3. The van der Waals surface area contributed by atoms with E-state index in [1.54, 1.807) is 6.92 Å². The molecule has 0 amide bonds. The van der Waals surface area contributed by atoms with Crippen molar-refractivity contribution in [2.45, 2.75) is 20.8 Å². The van der Waals surface area contributed by atoms with Gasteiger partial charge in [0.25, 0.3) is 11.7 Å². The second kappa shape index (κ2) is 4.95. The normalized spacial score (nSPS) is 10.4. The lowest BCUT2D eigenvalue weighted by Crippen LogP contribution is -2.06. The van der Waals surface area contributed by atoms with Crippen LogP contribution in [-0.4, -0.2) is 27.7 Å². The Labute approximate surface area is 104 Å². The molecule has 0 aliphatic carbocycles. The van der Waals surface area contributed by atoms with Crippen molar-refractivity contribution < 1.29 is 14.1 Å². The van der Waals surface area contributed by atoms with Gasteiger partial charge in [-0.05, 0) is 38.1 Å². The lowest BCUT2D eigenvalue weighted by Gasteiger charge is -2.00. The number of rotatable bonds is 3. The molecular weight excluding hydrogens is 234 g/mol. The fourth-order valence-electron chi connectivity index (χ4n) is 1.52. The number of esters is 1. The Morgan fingerprint density at radius 3 is 2.78 bits per heavy atom. The Bertz CT molecular complexity index is 578. The van der Waals surface area contributed by atoms with Gasteiger partial charge in [-0.15, -0.1) is 0 Å². The van der Waals surface area contributed by atoms with Gasteiger partial charge in [-0.1, -0.05) is 0 Å². The van der Waals surface area contributed by atoms with Crippen LogP contribution in [0.4, 0.5) is 0 Å². The van der Waals surface area contributed by atoms with Crippen LogP contribution in [-0.2, 0) is 4.74 Å². The number of carbonyl (C=O) groups excluding carboxylic acids is 1. The van der Waals surface area contributed by atoms with E-state index < -0.39 is 5.97 Å². The number of aryl methyl sites for hydroxylation is 2. The summed E-state index contributed by atoms with van der Waals surface area (Å²) in [7, 11) is 0. The van der Waals surface area contributed by atoms with Crippen LogP contribution in [0.15, 0.2) is 16.7 Å². The van der Waals surface area contributed by atoms with Crippen molar-refractivity contribution in [1.82, 2.24) is 15.1 Å². The maximum Gasteiger partial charge on any atom is 0.379 e. The highest BCUT2D eigenvalue weighted by Gasteiger charge is 2.17. The highest BCUT2D eigenvalue weighted by molar-refractivity contribution is 5.85. The molecule has 0 aromatic carbocycles. The largest absolute Gasteiger partial charge is 0.460 e. The standard InChI is InChI=1S/C12H13N3O3/c1-4-17-12(16)10-14-11(18-15-10)9-6-5-7(2)13-8(9)3/h5-6H,4H2,1-3H3. The molecule has 2 aromatic heterocycles. The Hall–Kier alpha value is -2.24. The van der Waals surface area contributed by atoms with E-state index in [0.717, 1.165) is 11.4 Å². The van der Waals surface area contributed by atoms with Gasteiger partial charge in [-0.2, -0.15) is 4.98 Å². The van der Waals surface area contributed by atoms with E-state index in [9.17, 15) is 4.79 Å². The first-order valence-electron chi connectivity index (χ1n) is 5.57. The van der Waals surface area contributed by atoms with E-state index in [0.29, 0.717) is 5.56 Å². The molecule has 6 heteroatoms. The molecule has 0 aliphatic heterocycles. The molecule has 18 heavy (non-hydrogen) atoms. The third-order valence-corrected chi connectivity index (χ3v) is 2.34. The average molecular weight is 247 g/mol. The molecule has 0 spiro atoms. The molecule has 0 atom stereocenters. The Balaban J connectivity index is 2.32. The van der Waals surface area contributed by atoms with Crippen LogP contribution in [0.1, 0.15) is 28.9 Å². The molecule has 2 aromatic rings. The van der Waals surface area contributed by atoms with Crippen LogP contribution in [0.25, 0.3) is 11.5 Å². The van der Waals surface area contributed by atoms with Gasteiger partial charge >= 0.3 is 5.97 Å². The van der Waals surface area contributed by atoms with Gasteiger partial charge in [0, 0.05) is 5.69 Å². The molecule has 0 fully saturated rings. The average Bonchev–Trinajstić information content (AvgIpc) is 2.78. The van der Waals surface area contributed by atoms with Crippen molar-refractivity contribution in [1.29, 1.82) is 0 Å². The third-order valence-electron chi connectivity index (χ3n) is 2.34. The molecule has 0 unspecified atom stereocenters. The summed E-state index contributed by atoms with van der Waals surface area (Å²) in [4.78, 5) is 19.7. The minimum Gasteiger partial charge on any atom is -0.460 e. The van der Waals surface area contributed by atoms with Crippen molar-refractivity contribution in [2.75, 3.05) is 6.61 Å². The van der Waals surface area contributed by atoms with Crippen molar-refractivity contribution in [3.8, 4) is 11.5 Å². The minimum atomic E-state index is -0.592. The molecular formula is C12H13N3O3. The van der Waals surface area contributed by atoms with Crippen LogP contribution in [0, 0.1) is 13.8 Å². The second-order valence-corrected chi connectivity index (χ2v) is 3.73. The highest BCUT2D eigenvalue weighted by Crippen LogP contribution is 2.20. The highest BCUT2D eigenvalue weighted by atomic mass is 16.5. The lowest BCUT2D eigenvalue weighted by atomic mass is 10.2. The Morgan fingerprint density at radius 2 is 2.11 bits per heavy atom. The zero-order valence-electron chi connectivity index (χ0n) is 10.4. The molecule has 0 saturated carbocycles. The van der Waals surface area contributed by atoms with E-state index in [1.165, 1.54) is 0 Å². The van der Waals surface area contributed by atoms with Gasteiger partial charge in [0.05, 0.1) is 17.9 Å². The number of ether oxygens (including phenoxy) is 1. The summed E-state index contributed by atoms with van der Waals surface area (Å²) < 4.78 is 9.82. The third kappa shape index (κ3) is 2.37. The van der Waals surface area contributed by atoms with Gasteiger partial charge in [0.1, 0.15) is 0 Å². The fourth-order valence-corrected chi connectivity index (χ4v) is 1.52. The van der Waals surface area contributed by atoms with Crippen molar-refractivity contribution >= 4 is 5.97 Å². The Kier molecular flexibility index (Phi) is 3.36. The molecule has 2 heterocycles. The summed E-state index contributed by atoms with van der Waals surface area (Å²) >= 11 is 0. The van der Waals surface area contributed by atoms with Crippen LogP contribution in [0.3, 0.4) is 0 Å². The smallest absolute Gasteiger partial charge is 0.379 e. The van der Waals surface area contributed by atoms with E-state index >= 15 is 0 Å².